The van der Waals surface area contributed by atoms with Crippen LogP contribution in [-0.2, 0) is 17.9 Å². The van der Waals surface area contributed by atoms with Gasteiger partial charge in [0.25, 0.3) is 0 Å². The number of rotatable bonds is 3. The molecule has 8 heteroatoms. The van der Waals surface area contributed by atoms with Gasteiger partial charge in [-0.15, -0.1) is 15.3 Å². The van der Waals surface area contributed by atoms with Gasteiger partial charge in [-0.1, -0.05) is 24.3 Å². The van der Waals surface area contributed by atoms with Crippen LogP contribution in [0.15, 0.2) is 41.1 Å². The first-order valence-electron chi connectivity index (χ1n) is 7.62. The lowest BCUT2D eigenvalue weighted by Crippen LogP contribution is -2.38. The number of aromatic nitrogens is 4. The van der Waals surface area contributed by atoms with Crippen molar-refractivity contribution in [1.29, 1.82) is 0 Å². The Bertz CT molecular complexity index is 899. The lowest BCUT2D eigenvalue weighted by atomic mass is 10.1. The number of nitrogens with zero attached hydrogens (tertiary/aromatic N) is 5. The molecule has 2 aromatic heterocycles. The van der Waals surface area contributed by atoms with Gasteiger partial charge in [-0.05, 0) is 46.1 Å². The Morgan fingerprint density at radius 2 is 1.88 bits per heavy atom. The Hall–Kier alpha value is -2.48. The molecule has 1 N–H and O–H groups in total. The maximum atomic E-state index is 12.7. The van der Waals surface area contributed by atoms with Gasteiger partial charge in [0.05, 0.1) is 0 Å². The number of anilines is 1. The van der Waals surface area contributed by atoms with E-state index >= 15 is 0 Å². The summed E-state index contributed by atoms with van der Waals surface area (Å²) in [5, 5.41) is 15.4. The predicted octanol–water partition coefficient (Wildman–Crippen LogP) is 2.23. The highest BCUT2D eigenvalue weighted by molar-refractivity contribution is 9.10. The zero-order valence-corrected chi connectivity index (χ0v) is 14.6. The summed E-state index contributed by atoms with van der Waals surface area (Å²) in [6.45, 7) is 3.16. The molecular weight excluding hydrogens is 372 g/mol. The molecule has 0 spiro atoms. The van der Waals surface area contributed by atoms with Crippen LogP contribution in [0.4, 0.5) is 5.82 Å². The smallest absolute Gasteiger partial charge is 0.245 e. The number of carbonyl (C=O) groups excluding carboxylic acids is 1. The summed E-state index contributed by atoms with van der Waals surface area (Å²) in [4.78, 5) is 14.6. The van der Waals surface area contributed by atoms with Gasteiger partial charge in [-0.3, -0.25) is 4.79 Å². The van der Waals surface area contributed by atoms with Gasteiger partial charge >= 0.3 is 0 Å². The lowest BCUT2D eigenvalue weighted by Gasteiger charge is -2.21. The number of halogens is 1. The third-order valence-electron chi connectivity index (χ3n) is 4.11. The van der Waals surface area contributed by atoms with Crippen LogP contribution < -0.4 is 5.32 Å². The van der Waals surface area contributed by atoms with E-state index < -0.39 is 0 Å². The standard InChI is InChI=1S/C16H15BrN6O/c1-10(15(24)22-8-11-4-2-3-5-12(11)9-22)18-13-6-7-14-19-20-16(17)23(14)21-13/h2-7,10H,8-9H2,1H3,(H,18,21)/t10-/m1/s1. The fraction of sp³-hybridized carbons (Fsp3) is 0.250. The molecule has 4 rings (SSSR count). The van der Waals surface area contributed by atoms with Crippen molar-refractivity contribution >= 4 is 33.3 Å². The normalized spacial score (nSPS) is 14.7. The summed E-state index contributed by atoms with van der Waals surface area (Å²) in [7, 11) is 0. The molecule has 1 aliphatic heterocycles. The van der Waals surface area contributed by atoms with E-state index in [0.717, 1.165) is 0 Å². The fourth-order valence-corrected chi connectivity index (χ4v) is 3.23. The maximum absolute atomic E-state index is 12.7. The molecule has 0 saturated heterocycles. The molecule has 1 atom stereocenters. The number of carbonyl (C=O) groups is 1. The minimum atomic E-state index is -0.375. The summed E-state index contributed by atoms with van der Waals surface area (Å²) >= 11 is 3.29. The first kappa shape index (κ1) is 15.1. The van der Waals surface area contributed by atoms with Crippen molar-refractivity contribution in [1.82, 2.24) is 24.7 Å². The summed E-state index contributed by atoms with van der Waals surface area (Å²) in [5.74, 6) is 0.650. The average molecular weight is 387 g/mol. The van der Waals surface area contributed by atoms with Crippen LogP contribution in [0.2, 0.25) is 0 Å². The van der Waals surface area contributed by atoms with Gasteiger partial charge in [-0.25, -0.2) is 0 Å². The second-order valence-corrected chi connectivity index (χ2v) is 6.50. The summed E-state index contributed by atoms with van der Waals surface area (Å²) in [5.41, 5.74) is 3.07. The van der Waals surface area contributed by atoms with Crippen LogP contribution in [0.3, 0.4) is 0 Å². The van der Waals surface area contributed by atoms with Gasteiger partial charge in [0, 0.05) is 13.1 Å². The van der Waals surface area contributed by atoms with Gasteiger partial charge in [0.15, 0.2) is 5.65 Å². The van der Waals surface area contributed by atoms with Crippen LogP contribution in [0.25, 0.3) is 5.65 Å². The van der Waals surface area contributed by atoms with Crippen LogP contribution in [-0.4, -0.2) is 36.7 Å². The Kier molecular flexibility index (Phi) is 3.68. The summed E-state index contributed by atoms with van der Waals surface area (Å²) in [6, 6.07) is 11.4. The Balaban J connectivity index is 1.48. The van der Waals surface area contributed by atoms with Crippen molar-refractivity contribution in [2.45, 2.75) is 26.1 Å². The largest absolute Gasteiger partial charge is 0.357 e. The summed E-state index contributed by atoms with van der Waals surface area (Å²) < 4.78 is 2.10. The molecule has 122 valence electrons. The summed E-state index contributed by atoms with van der Waals surface area (Å²) in [6.07, 6.45) is 0. The number of fused-ring (bicyclic) bond motifs is 2. The molecule has 0 unspecified atom stereocenters. The molecule has 7 nitrogen and oxygen atoms in total. The monoisotopic (exact) mass is 386 g/mol. The zero-order valence-electron chi connectivity index (χ0n) is 13.0. The first-order valence-corrected chi connectivity index (χ1v) is 8.41. The molecule has 1 aromatic carbocycles. The number of benzene rings is 1. The van der Waals surface area contributed by atoms with Crippen molar-refractivity contribution < 1.29 is 4.79 Å². The molecule has 0 radical (unpaired) electrons. The predicted molar refractivity (Wildman–Crippen MR) is 92.3 cm³/mol. The topological polar surface area (TPSA) is 75.4 Å². The van der Waals surface area contributed by atoms with E-state index in [4.69, 9.17) is 0 Å². The molecule has 0 aliphatic carbocycles. The van der Waals surface area contributed by atoms with E-state index in [0.29, 0.717) is 29.3 Å². The molecule has 1 amide bonds. The second kappa shape index (κ2) is 5.86. The van der Waals surface area contributed by atoms with Crippen LogP contribution in [0.5, 0.6) is 0 Å². The minimum Gasteiger partial charge on any atom is -0.357 e. The van der Waals surface area contributed by atoms with Crippen molar-refractivity contribution in [2.75, 3.05) is 5.32 Å². The van der Waals surface area contributed by atoms with Crippen molar-refractivity contribution in [3.05, 3.63) is 52.3 Å². The quantitative estimate of drug-likeness (QED) is 0.746. The third-order valence-corrected chi connectivity index (χ3v) is 4.61. The van der Waals surface area contributed by atoms with E-state index in [9.17, 15) is 4.79 Å². The number of amides is 1. The molecular formula is C16H15BrN6O. The van der Waals surface area contributed by atoms with Crippen molar-refractivity contribution in [3.63, 3.8) is 0 Å². The van der Waals surface area contributed by atoms with Gasteiger partial charge in [0.1, 0.15) is 11.9 Å². The molecule has 1 aliphatic rings. The minimum absolute atomic E-state index is 0.0518. The molecule has 0 bridgehead atoms. The van der Waals surface area contributed by atoms with Gasteiger partial charge < -0.3 is 10.2 Å². The molecule has 3 aromatic rings. The Morgan fingerprint density at radius 3 is 2.58 bits per heavy atom. The maximum Gasteiger partial charge on any atom is 0.245 e. The molecule has 0 saturated carbocycles. The van der Waals surface area contributed by atoms with Crippen LogP contribution in [0.1, 0.15) is 18.1 Å². The highest BCUT2D eigenvalue weighted by Gasteiger charge is 2.26. The van der Waals surface area contributed by atoms with Gasteiger partial charge in [0.2, 0.25) is 10.6 Å². The highest BCUT2D eigenvalue weighted by Crippen LogP contribution is 2.23. The number of hydrogen-bond acceptors (Lipinski definition) is 5. The Labute approximate surface area is 146 Å². The highest BCUT2D eigenvalue weighted by atomic mass is 79.9. The third kappa shape index (κ3) is 2.62. The van der Waals surface area contributed by atoms with E-state index in [2.05, 4.69) is 48.7 Å². The number of hydrogen-bond donors (Lipinski definition) is 1. The van der Waals surface area contributed by atoms with Crippen molar-refractivity contribution in [3.8, 4) is 0 Å². The van der Waals surface area contributed by atoms with Crippen LogP contribution in [0, 0.1) is 0 Å². The molecule has 0 fully saturated rings. The SMILES string of the molecule is C[C@@H](Nc1ccc2nnc(Br)n2n1)C(=O)N1Cc2ccccc2C1. The van der Waals surface area contributed by atoms with E-state index in [1.165, 1.54) is 11.1 Å². The molecule has 3 heterocycles. The average Bonchev–Trinajstić information content (AvgIpc) is 3.18. The second-order valence-electron chi connectivity index (χ2n) is 5.79. The Morgan fingerprint density at radius 1 is 1.17 bits per heavy atom. The lowest BCUT2D eigenvalue weighted by molar-refractivity contribution is -0.132. The molecule has 24 heavy (non-hydrogen) atoms. The van der Waals surface area contributed by atoms with E-state index in [1.807, 2.05) is 24.0 Å². The fourth-order valence-electron chi connectivity index (χ4n) is 2.89. The number of nitrogens with one attached hydrogen (secondary N) is 1. The van der Waals surface area contributed by atoms with Gasteiger partial charge in [-0.2, -0.15) is 4.52 Å². The first-order chi connectivity index (χ1) is 11.6. The van der Waals surface area contributed by atoms with Crippen molar-refractivity contribution in [2.24, 2.45) is 0 Å². The van der Waals surface area contributed by atoms with Crippen LogP contribution >= 0.6 is 15.9 Å². The zero-order chi connectivity index (χ0) is 16.7. The van der Waals surface area contributed by atoms with E-state index in [-0.39, 0.29) is 11.9 Å². The van der Waals surface area contributed by atoms with E-state index in [1.54, 1.807) is 16.6 Å².